The minimum atomic E-state index is -4.07. The van der Waals surface area contributed by atoms with Crippen LogP contribution in [-0.4, -0.2) is 20.4 Å². The van der Waals surface area contributed by atoms with Gasteiger partial charge in [-0.2, -0.15) is 0 Å². The highest BCUT2D eigenvalue weighted by Gasteiger charge is 2.21. The Labute approximate surface area is 128 Å². The summed E-state index contributed by atoms with van der Waals surface area (Å²) in [6.45, 7) is 0.441. The van der Waals surface area contributed by atoms with Crippen molar-refractivity contribution in [2.45, 2.75) is 11.4 Å². The molecule has 9 heteroatoms. The van der Waals surface area contributed by atoms with Gasteiger partial charge in [-0.1, -0.05) is 15.9 Å². The van der Waals surface area contributed by atoms with Crippen LogP contribution in [0.3, 0.4) is 0 Å². The van der Waals surface area contributed by atoms with E-state index in [0.717, 1.165) is 12.1 Å². The number of halogens is 3. The van der Waals surface area contributed by atoms with E-state index in [-0.39, 0.29) is 9.37 Å². The Hall–Kier alpha value is -1.45. The molecule has 0 radical (unpaired) electrons. The first-order valence-electron chi connectivity index (χ1n) is 5.83. The Balaban J connectivity index is 2.33. The normalized spacial score (nSPS) is 11.6. The molecule has 1 aromatic heterocycles. The monoisotopic (exact) mass is 379 g/mol. The second-order valence-electron chi connectivity index (χ2n) is 4.24. The van der Waals surface area contributed by atoms with Crippen LogP contribution in [0.15, 0.2) is 33.8 Å². The third-order valence-electron chi connectivity index (χ3n) is 2.64. The van der Waals surface area contributed by atoms with Crippen molar-refractivity contribution in [3.63, 3.8) is 0 Å². The highest BCUT2D eigenvalue weighted by molar-refractivity contribution is 9.10. The third-order valence-corrected chi connectivity index (χ3v) is 4.42. The minimum Gasteiger partial charge on any atom is -0.363 e. The molecule has 0 aliphatic heterocycles. The maximum absolute atomic E-state index is 13.7. The van der Waals surface area contributed by atoms with Gasteiger partial charge in [0.1, 0.15) is 10.6 Å². The summed E-state index contributed by atoms with van der Waals surface area (Å²) in [5.74, 6) is -2.01. The number of sulfonamides is 1. The number of aromatic nitrogens is 1. The summed E-state index contributed by atoms with van der Waals surface area (Å²) in [5.41, 5.74) is -0.0795. The Morgan fingerprint density at radius 2 is 1.86 bits per heavy atom. The maximum atomic E-state index is 13.7. The lowest BCUT2D eigenvalue weighted by Crippen LogP contribution is -2.14. The number of aromatic amines is 1. The molecule has 21 heavy (non-hydrogen) atoms. The molecule has 5 nitrogen and oxygen atoms in total. The van der Waals surface area contributed by atoms with Gasteiger partial charge in [-0.3, -0.25) is 4.72 Å². The first-order valence-corrected chi connectivity index (χ1v) is 8.10. The molecule has 0 atom stereocenters. The molecule has 0 unspecified atom stereocenters. The van der Waals surface area contributed by atoms with E-state index in [1.165, 1.54) is 12.3 Å². The number of hydrogen-bond acceptors (Lipinski definition) is 3. The molecule has 0 aliphatic carbocycles. The fraction of sp³-hybridized carbons (Fsp3) is 0.167. The van der Waals surface area contributed by atoms with Gasteiger partial charge in [0.15, 0.2) is 11.6 Å². The lowest BCUT2D eigenvalue weighted by Gasteiger charge is -2.09. The van der Waals surface area contributed by atoms with Crippen LogP contribution >= 0.6 is 15.9 Å². The van der Waals surface area contributed by atoms with E-state index in [1.807, 2.05) is 4.72 Å². The van der Waals surface area contributed by atoms with Crippen molar-refractivity contribution in [3.8, 4) is 0 Å². The van der Waals surface area contributed by atoms with Crippen LogP contribution in [0, 0.1) is 11.6 Å². The van der Waals surface area contributed by atoms with Crippen LogP contribution in [0.5, 0.6) is 0 Å². The Bertz CT molecular complexity index is 739. The van der Waals surface area contributed by atoms with Gasteiger partial charge in [-0.15, -0.1) is 0 Å². The van der Waals surface area contributed by atoms with Crippen molar-refractivity contribution >= 4 is 31.6 Å². The summed E-state index contributed by atoms with van der Waals surface area (Å²) in [5, 5.41) is 2.85. The summed E-state index contributed by atoms with van der Waals surface area (Å²) < 4.78 is 53.7. The molecular weight excluding hydrogens is 368 g/mol. The quantitative estimate of drug-likeness (QED) is 0.747. The van der Waals surface area contributed by atoms with Crippen LogP contribution in [-0.2, 0) is 16.6 Å². The van der Waals surface area contributed by atoms with Gasteiger partial charge in [-0.05, 0) is 25.2 Å². The van der Waals surface area contributed by atoms with Gasteiger partial charge < -0.3 is 10.3 Å². The first kappa shape index (κ1) is 15.9. The summed E-state index contributed by atoms with van der Waals surface area (Å²) in [7, 11) is -2.36. The molecule has 2 aromatic rings. The molecule has 1 heterocycles. The predicted octanol–water partition coefficient (Wildman–Crippen LogP) is 2.58. The Kier molecular flexibility index (Phi) is 4.64. The standard InChI is InChI=1S/C12H12BrF2N3O2S/c1-16-5-8-4-9(6-17-8)21(19,20)18-12-10(14)2-7(13)3-11(12)15/h2-4,6,16-18H,5H2,1H3. The lowest BCUT2D eigenvalue weighted by molar-refractivity contribution is 0.582. The summed E-state index contributed by atoms with van der Waals surface area (Å²) in [6.07, 6.45) is 1.25. The van der Waals surface area contributed by atoms with Crippen LogP contribution in [0.1, 0.15) is 5.69 Å². The van der Waals surface area contributed by atoms with Crippen LogP contribution in [0.4, 0.5) is 14.5 Å². The number of hydrogen-bond donors (Lipinski definition) is 3. The van der Waals surface area contributed by atoms with Gasteiger partial charge in [0.05, 0.1) is 0 Å². The molecule has 0 saturated carbocycles. The molecule has 2 rings (SSSR count). The van der Waals surface area contributed by atoms with Crippen LogP contribution in [0.2, 0.25) is 0 Å². The minimum absolute atomic E-state index is 0.102. The van der Waals surface area contributed by atoms with E-state index in [4.69, 9.17) is 0 Å². The van der Waals surface area contributed by atoms with Crippen molar-refractivity contribution in [2.75, 3.05) is 11.8 Å². The van der Waals surface area contributed by atoms with Gasteiger partial charge in [-0.25, -0.2) is 17.2 Å². The molecule has 0 bridgehead atoms. The Morgan fingerprint density at radius 1 is 1.24 bits per heavy atom. The Morgan fingerprint density at radius 3 is 2.43 bits per heavy atom. The molecule has 0 amide bonds. The highest BCUT2D eigenvalue weighted by atomic mass is 79.9. The topological polar surface area (TPSA) is 74.0 Å². The molecule has 0 spiro atoms. The summed E-state index contributed by atoms with van der Waals surface area (Å²) >= 11 is 2.92. The number of benzene rings is 1. The van der Waals surface area contributed by atoms with Crippen molar-refractivity contribution in [1.29, 1.82) is 0 Å². The van der Waals surface area contributed by atoms with E-state index in [2.05, 4.69) is 26.2 Å². The predicted molar refractivity (Wildman–Crippen MR) is 78.4 cm³/mol. The molecule has 0 saturated heterocycles. The van der Waals surface area contributed by atoms with Gasteiger partial charge in [0.2, 0.25) is 0 Å². The first-order chi connectivity index (χ1) is 9.83. The average molecular weight is 380 g/mol. The average Bonchev–Trinajstić information content (AvgIpc) is 2.84. The fourth-order valence-electron chi connectivity index (χ4n) is 1.70. The summed E-state index contributed by atoms with van der Waals surface area (Å²) in [4.78, 5) is 2.66. The van der Waals surface area contributed by atoms with E-state index in [0.29, 0.717) is 12.2 Å². The number of nitrogens with one attached hydrogen (secondary N) is 3. The molecular formula is C12H12BrF2N3O2S. The number of rotatable bonds is 5. The molecule has 1 aromatic carbocycles. The van der Waals surface area contributed by atoms with E-state index in [9.17, 15) is 17.2 Å². The fourth-order valence-corrected chi connectivity index (χ4v) is 3.19. The molecule has 0 fully saturated rings. The third kappa shape index (κ3) is 3.60. The zero-order valence-corrected chi connectivity index (χ0v) is 13.3. The zero-order chi connectivity index (χ0) is 15.6. The lowest BCUT2D eigenvalue weighted by atomic mass is 10.3. The van der Waals surface area contributed by atoms with Gasteiger partial charge in [0.25, 0.3) is 10.0 Å². The smallest absolute Gasteiger partial charge is 0.263 e. The second kappa shape index (κ2) is 6.12. The van der Waals surface area contributed by atoms with E-state index >= 15 is 0 Å². The van der Waals surface area contributed by atoms with Crippen molar-refractivity contribution < 1.29 is 17.2 Å². The molecule has 0 aliphatic rings. The van der Waals surface area contributed by atoms with Gasteiger partial charge in [0, 0.05) is 22.9 Å². The van der Waals surface area contributed by atoms with E-state index < -0.39 is 27.3 Å². The van der Waals surface area contributed by atoms with Crippen LogP contribution < -0.4 is 10.0 Å². The zero-order valence-electron chi connectivity index (χ0n) is 10.9. The SMILES string of the molecule is CNCc1cc(S(=O)(=O)Nc2c(F)cc(Br)cc2F)c[nH]1. The largest absolute Gasteiger partial charge is 0.363 e. The van der Waals surface area contributed by atoms with Crippen molar-refractivity contribution in [1.82, 2.24) is 10.3 Å². The molecule has 114 valence electrons. The maximum Gasteiger partial charge on any atom is 0.263 e. The van der Waals surface area contributed by atoms with Gasteiger partial charge >= 0.3 is 0 Å². The van der Waals surface area contributed by atoms with Crippen LogP contribution in [0.25, 0.3) is 0 Å². The second-order valence-corrected chi connectivity index (χ2v) is 6.84. The van der Waals surface area contributed by atoms with Crippen molar-refractivity contribution in [3.05, 3.63) is 46.2 Å². The van der Waals surface area contributed by atoms with Crippen molar-refractivity contribution in [2.24, 2.45) is 0 Å². The summed E-state index contributed by atoms with van der Waals surface area (Å²) in [6, 6.07) is 3.34. The highest BCUT2D eigenvalue weighted by Crippen LogP contribution is 2.26. The molecule has 3 N–H and O–H groups in total. The number of anilines is 1. The number of H-pyrrole nitrogens is 1. The van der Waals surface area contributed by atoms with E-state index in [1.54, 1.807) is 7.05 Å².